The van der Waals surface area contributed by atoms with Crippen LogP contribution < -0.4 is 14.0 Å². The Labute approximate surface area is 232 Å². The molecule has 9 nitrogen and oxygen atoms in total. The number of quaternary nitrogens is 1. The van der Waals surface area contributed by atoms with Crippen molar-refractivity contribution < 1.29 is 14.3 Å². The van der Waals surface area contributed by atoms with E-state index in [-0.39, 0.29) is 22.2 Å². The molecule has 1 aliphatic rings. The highest BCUT2D eigenvalue weighted by atomic mass is 35.5. The van der Waals surface area contributed by atoms with Gasteiger partial charge in [-0.1, -0.05) is 44.5 Å². The standard InChI is InChI=1S/C27H32ClN6O3S/c1-26(2,3)16-34(14-8-13-29)20-12-11-17(28)15-19(20)23(18-9-7-10-21(36-5)22(18)37-6)38-27(4,25(34)35)24-30-32-33-31-24/h7,9-12,15,23H,8,14,16H2,1-6H3,(H,30,31,32,33)/q+1/t23-,27+,34?/m1/s1. The number of nitriles is 1. The topological polar surface area (TPSA) is 114 Å². The van der Waals surface area contributed by atoms with Gasteiger partial charge in [0.2, 0.25) is 0 Å². The third kappa shape index (κ3) is 4.86. The fourth-order valence-electron chi connectivity index (χ4n) is 5.37. The van der Waals surface area contributed by atoms with Crippen molar-refractivity contribution in [3.63, 3.8) is 0 Å². The van der Waals surface area contributed by atoms with Crippen molar-refractivity contribution in [2.24, 2.45) is 5.41 Å². The molecule has 1 aliphatic heterocycles. The molecule has 4 rings (SSSR count). The molecule has 0 bridgehead atoms. The Morgan fingerprint density at radius 3 is 2.58 bits per heavy atom. The van der Waals surface area contributed by atoms with E-state index in [1.54, 1.807) is 20.3 Å². The highest BCUT2D eigenvalue weighted by Crippen LogP contribution is 2.58. The quantitative estimate of drug-likeness (QED) is 0.385. The average molecular weight is 556 g/mol. The Morgan fingerprint density at radius 1 is 1.21 bits per heavy atom. The summed E-state index contributed by atoms with van der Waals surface area (Å²) in [7, 11) is 3.19. The number of tetrazole rings is 1. The van der Waals surface area contributed by atoms with Gasteiger partial charge < -0.3 is 9.47 Å². The Hall–Kier alpha value is -3.13. The van der Waals surface area contributed by atoms with Gasteiger partial charge in [-0.15, -0.1) is 16.9 Å². The number of benzene rings is 2. The maximum Gasteiger partial charge on any atom is 0.342 e. The van der Waals surface area contributed by atoms with Crippen LogP contribution in [0.15, 0.2) is 36.4 Å². The molecule has 0 fully saturated rings. The number of nitrogens with zero attached hydrogens (tertiary/aromatic N) is 5. The molecule has 0 saturated carbocycles. The van der Waals surface area contributed by atoms with Crippen LogP contribution in [0.4, 0.5) is 5.69 Å². The van der Waals surface area contributed by atoms with Crippen LogP contribution in [0.25, 0.3) is 0 Å². The summed E-state index contributed by atoms with van der Waals surface area (Å²) in [5.41, 5.74) is 2.22. The smallest absolute Gasteiger partial charge is 0.342 e. The van der Waals surface area contributed by atoms with Crippen LogP contribution in [0.3, 0.4) is 0 Å². The van der Waals surface area contributed by atoms with Gasteiger partial charge >= 0.3 is 5.91 Å². The first-order chi connectivity index (χ1) is 18.0. The molecule has 0 saturated heterocycles. The Morgan fingerprint density at radius 2 is 1.97 bits per heavy atom. The van der Waals surface area contributed by atoms with Crippen LogP contribution in [0.5, 0.6) is 11.5 Å². The minimum atomic E-state index is -1.21. The molecule has 0 spiro atoms. The number of aromatic nitrogens is 4. The zero-order valence-electron chi connectivity index (χ0n) is 22.4. The second-order valence-corrected chi connectivity index (χ2v) is 12.7. The van der Waals surface area contributed by atoms with Gasteiger partial charge in [-0.3, -0.25) is 0 Å². The summed E-state index contributed by atoms with van der Waals surface area (Å²) in [6.45, 7) is 8.88. The lowest BCUT2D eigenvalue weighted by Gasteiger charge is -2.42. The number of carbonyl (C=O) groups excluding carboxylic acids is 1. The Balaban J connectivity index is 2.13. The van der Waals surface area contributed by atoms with E-state index in [1.807, 2.05) is 37.3 Å². The molecule has 200 valence electrons. The number of ether oxygens (including phenoxy) is 2. The first-order valence-electron chi connectivity index (χ1n) is 12.2. The largest absolute Gasteiger partial charge is 0.493 e. The minimum Gasteiger partial charge on any atom is -0.493 e. The number of hydrogen-bond acceptors (Lipinski definition) is 8. The summed E-state index contributed by atoms with van der Waals surface area (Å²) in [5, 5.41) is 24.5. The predicted molar refractivity (Wildman–Crippen MR) is 148 cm³/mol. The number of para-hydroxylation sites is 1. The van der Waals surface area contributed by atoms with E-state index < -0.39 is 10.00 Å². The second kappa shape index (κ2) is 10.6. The van der Waals surface area contributed by atoms with Crippen molar-refractivity contribution in [2.45, 2.75) is 44.1 Å². The molecular formula is C27H32ClN6O3S+. The number of fused-ring (bicyclic) bond motifs is 1. The summed E-state index contributed by atoms with van der Waals surface area (Å²) in [4.78, 5) is 15.0. The van der Waals surface area contributed by atoms with Crippen LogP contribution >= 0.6 is 23.4 Å². The molecule has 2 heterocycles. The Bertz CT molecular complexity index is 1370. The van der Waals surface area contributed by atoms with E-state index in [9.17, 15) is 5.26 Å². The summed E-state index contributed by atoms with van der Waals surface area (Å²) >= 11 is 8.02. The molecule has 0 radical (unpaired) electrons. The molecule has 38 heavy (non-hydrogen) atoms. The number of aromatic amines is 1. The number of methoxy groups -OCH3 is 2. The lowest BCUT2D eigenvalue weighted by atomic mass is 9.90. The third-order valence-corrected chi connectivity index (χ3v) is 8.56. The van der Waals surface area contributed by atoms with E-state index in [1.165, 1.54) is 11.8 Å². The highest BCUT2D eigenvalue weighted by Gasteiger charge is 2.59. The van der Waals surface area contributed by atoms with E-state index in [4.69, 9.17) is 21.1 Å². The third-order valence-electron chi connectivity index (χ3n) is 6.75. The maximum atomic E-state index is 15.0. The molecule has 11 heteroatoms. The normalized spacial score (nSPS) is 23.3. The molecule has 1 unspecified atom stereocenters. The van der Waals surface area contributed by atoms with Crippen molar-refractivity contribution in [3.8, 4) is 17.6 Å². The molecule has 3 atom stereocenters. The number of amides is 1. The number of H-pyrrole nitrogens is 1. The monoisotopic (exact) mass is 555 g/mol. The molecule has 2 aromatic carbocycles. The fraction of sp³-hybridized carbons (Fsp3) is 0.444. The summed E-state index contributed by atoms with van der Waals surface area (Å²) in [6.07, 6.45) is 0.187. The molecule has 0 aliphatic carbocycles. The summed E-state index contributed by atoms with van der Waals surface area (Å²) in [6, 6.07) is 13.6. The first-order valence-corrected chi connectivity index (χ1v) is 13.5. The average Bonchev–Trinajstić information content (AvgIpc) is 3.42. The SMILES string of the molecule is COc1cccc([C@H]2S[C@@](C)(c3nnn[nH]3)C(=O)[N+](CCC#N)(CC(C)(C)C)c3ccc(Cl)cc32)c1OC. The number of hydrogen-bond donors (Lipinski definition) is 1. The highest BCUT2D eigenvalue weighted by molar-refractivity contribution is 8.01. The van der Waals surface area contributed by atoms with E-state index >= 15 is 4.79 Å². The van der Waals surface area contributed by atoms with Gasteiger partial charge in [0, 0.05) is 27.6 Å². The Kier molecular flexibility index (Phi) is 7.75. The van der Waals surface area contributed by atoms with Gasteiger partial charge in [0.1, 0.15) is 12.2 Å². The number of carbonyl (C=O) groups is 1. The van der Waals surface area contributed by atoms with Gasteiger partial charge in [0.05, 0.1) is 38.5 Å². The zero-order valence-corrected chi connectivity index (χ0v) is 24.0. The molecule has 1 aromatic heterocycles. The first kappa shape index (κ1) is 27.9. The van der Waals surface area contributed by atoms with Gasteiger partial charge in [-0.2, -0.15) is 5.26 Å². The predicted octanol–water partition coefficient (Wildman–Crippen LogP) is 5.42. The van der Waals surface area contributed by atoms with Gasteiger partial charge in [0.15, 0.2) is 22.1 Å². The van der Waals surface area contributed by atoms with Crippen LogP contribution in [-0.4, -0.2) is 53.8 Å². The van der Waals surface area contributed by atoms with E-state index in [0.717, 1.165) is 16.8 Å². The van der Waals surface area contributed by atoms with Crippen molar-refractivity contribution >= 4 is 35.0 Å². The maximum absolute atomic E-state index is 15.0. The number of rotatable bonds is 7. The van der Waals surface area contributed by atoms with Crippen molar-refractivity contribution in [1.29, 1.82) is 5.26 Å². The van der Waals surface area contributed by atoms with Crippen LogP contribution in [-0.2, 0) is 9.54 Å². The zero-order chi connectivity index (χ0) is 27.7. The van der Waals surface area contributed by atoms with Crippen molar-refractivity contribution in [2.75, 3.05) is 27.3 Å². The van der Waals surface area contributed by atoms with Crippen LogP contribution in [0.2, 0.25) is 5.02 Å². The van der Waals surface area contributed by atoms with Crippen LogP contribution in [0, 0.1) is 16.7 Å². The summed E-state index contributed by atoms with van der Waals surface area (Å²) in [5.74, 6) is 1.37. The molecule has 3 aromatic rings. The van der Waals surface area contributed by atoms with E-state index in [2.05, 4.69) is 47.5 Å². The second-order valence-electron chi connectivity index (χ2n) is 10.7. The lowest BCUT2D eigenvalue weighted by molar-refractivity contribution is -0.134. The van der Waals surface area contributed by atoms with Gasteiger partial charge in [0.25, 0.3) is 0 Å². The van der Waals surface area contributed by atoms with E-state index in [0.29, 0.717) is 35.4 Å². The number of nitrogens with one attached hydrogen (secondary N) is 1. The lowest BCUT2D eigenvalue weighted by Crippen LogP contribution is -2.63. The molecule has 1 amide bonds. The molecule has 1 N–H and O–H groups in total. The van der Waals surface area contributed by atoms with Gasteiger partial charge in [-0.25, -0.2) is 14.4 Å². The summed E-state index contributed by atoms with van der Waals surface area (Å²) < 4.78 is 10.2. The molecular weight excluding hydrogens is 524 g/mol. The van der Waals surface area contributed by atoms with Crippen molar-refractivity contribution in [1.82, 2.24) is 25.1 Å². The van der Waals surface area contributed by atoms with Gasteiger partial charge in [-0.05, 0) is 35.5 Å². The fourth-order valence-corrected chi connectivity index (χ4v) is 7.12. The van der Waals surface area contributed by atoms with Crippen LogP contribution in [0.1, 0.15) is 56.3 Å². The number of halogens is 1. The number of thioether (sulfide) groups is 1. The van der Waals surface area contributed by atoms with Crippen molar-refractivity contribution in [3.05, 3.63) is 58.4 Å². The minimum absolute atomic E-state index is 0.0590.